The minimum Gasteiger partial charge on any atom is -0.300 e. The van der Waals surface area contributed by atoms with Gasteiger partial charge in [-0.15, -0.1) is 0 Å². The van der Waals surface area contributed by atoms with Crippen LogP contribution in [0.25, 0.3) is 0 Å². The Morgan fingerprint density at radius 3 is 1.92 bits per heavy atom. The predicted molar refractivity (Wildman–Crippen MR) is 48.9 cm³/mol. The molecule has 0 aromatic rings. The first-order chi connectivity index (χ1) is 5.27. The van der Waals surface area contributed by atoms with Crippen LogP contribution in [-0.4, -0.2) is 11.6 Å². The minimum absolute atomic E-state index is 0.0133. The summed E-state index contributed by atoms with van der Waals surface area (Å²) in [7, 11) is 0. The Kier molecular flexibility index (Phi) is 3.62. The van der Waals surface area contributed by atoms with Crippen molar-refractivity contribution in [3.8, 4) is 0 Å². The second-order valence-corrected chi connectivity index (χ2v) is 4.28. The van der Waals surface area contributed by atoms with Crippen molar-refractivity contribution in [2.45, 2.75) is 41.0 Å². The molecule has 0 N–H and O–H groups in total. The highest BCUT2D eigenvalue weighted by molar-refractivity contribution is 5.90. The van der Waals surface area contributed by atoms with Crippen molar-refractivity contribution in [2.75, 3.05) is 0 Å². The van der Waals surface area contributed by atoms with Gasteiger partial charge >= 0.3 is 0 Å². The van der Waals surface area contributed by atoms with Gasteiger partial charge in [-0.25, -0.2) is 0 Å². The Labute approximate surface area is 74.3 Å². The summed E-state index contributed by atoms with van der Waals surface area (Å²) in [5.41, 5.74) is -0.486. The lowest BCUT2D eigenvalue weighted by Gasteiger charge is -2.23. The van der Waals surface area contributed by atoms with Crippen LogP contribution in [0.4, 0.5) is 0 Å². The summed E-state index contributed by atoms with van der Waals surface area (Å²) in [6.07, 6.45) is 0.351. The number of rotatable bonds is 4. The van der Waals surface area contributed by atoms with E-state index in [1.165, 1.54) is 6.92 Å². The van der Waals surface area contributed by atoms with Gasteiger partial charge in [-0.1, -0.05) is 27.7 Å². The van der Waals surface area contributed by atoms with E-state index in [9.17, 15) is 9.59 Å². The molecule has 2 heteroatoms. The molecule has 0 bridgehead atoms. The Bertz CT molecular complexity index is 190. The van der Waals surface area contributed by atoms with E-state index in [-0.39, 0.29) is 17.5 Å². The first kappa shape index (κ1) is 11.3. The van der Waals surface area contributed by atoms with E-state index in [0.717, 1.165) is 0 Å². The van der Waals surface area contributed by atoms with Crippen LogP contribution in [0.15, 0.2) is 0 Å². The fourth-order valence-electron chi connectivity index (χ4n) is 1.49. The van der Waals surface area contributed by atoms with E-state index in [1.54, 1.807) is 0 Å². The number of carbonyl (C=O) groups excluding carboxylic acids is 2. The van der Waals surface area contributed by atoms with E-state index in [2.05, 4.69) is 0 Å². The second kappa shape index (κ2) is 3.83. The van der Waals surface area contributed by atoms with Crippen molar-refractivity contribution in [1.29, 1.82) is 0 Å². The Hall–Kier alpha value is -0.660. The smallest absolute Gasteiger partial charge is 0.141 e. The SMILES string of the molecule is CC(=O)CC(C)(C)C(=O)C(C)C. The highest BCUT2D eigenvalue weighted by Gasteiger charge is 2.30. The maximum Gasteiger partial charge on any atom is 0.141 e. The van der Waals surface area contributed by atoms with Crippen LogP contribution in [0, 0.1) is 11.3 Å². The van der Waals surface area contributed by atoms with Gasteiger partial charge in [-0.3, -0.25) is 9.59 Å². The van der Waals surface area contributed by atoms with Crippen LogP contribution in [0.1, 0.15) is 41.0 Å². The number of ketones is 2. The van der Waals surface area contributed by atoms with Crippen LogP contribution in [-0.2, 0) is 9.59 Å². The average Bonchev–Trinajstić information content (AvgIpc) is 1.82. The predicted octanol–water partition coefficient (Wildman–Crippen LogP) is 2.22. The third kappa shape index (κ3) is 3.16. The largest absolute Gasteiger partial charge is 0.300 e. The van der Waals surface area contributed by atoms with Crippen LogP contribution in [0.2, 0.25) is 0 Å². The van der Waals surface area contributed by atoms with Crippen molar-refractivity contribution in [3.05, 3.63) is 0 Å². The van der Waals surface area contributed by atoms with Crippen LogP contribution >= 0.6 is 0 Å². The number of Topliss-reactive ketones (excluding diaryl/α,β-unsaturated/α-hetero) is 2. The van der Waals surface area contributed by atoms with Gasteiger partial charge in [0.25, 0.3) is 0 Å². The van der Waals surface area contributed by atoms with Gasteiger partial charge in [0.1, 0.15) is 11.6 Å². The summed E-state index contributed by atoms with van der Waals surface area (Å²) in [5.74, 6) is 0.256. The summed E-state index contributed by atoms with van der Waals surface area (Å²) >= 11 is 0. The molecular formula is C10H18O2. The van der Waals surface area contributed by atoms with E-state index >= 15 is 0 Å². The van der Waals surface area contributed by atoms with Crippen LogP contribution < -0.4 is 0 Å². The molecule has 0 heterocycles. The first-order valence-corrected chi connectivity index (χ1v) is 4.31. The van der Waals surface area contributed by atoms with Crippen molar-refractivity contribution < 1.29 is 9.59 Å². The Morgan fingerprint density at radius 2 is 1.67 bits per heavy atom. The maximum atomic E-state index is 11.5. The third-order valence-electron chi connectivity index (χ3n) is 1.88. The molecule has 70 valence electrons. The van der Waals surface area contributed by atoms with Crippen molar-refractivity contribution >= 4 is 11.6 Å². The molecule has 0 aromatic heterocycles. The maximum absolute atomic E-state index is 11.5. The van der Waals surface area contributed by atoms with E-state index in [4.69, 9.17) is 0 Å². The summed E-state index contributed by atoms with van der Waals surface area (Å²) in [5, 5.41) is 0. The summed E-state index contributed by atoms with van der Waals surface area (Å²) in [6, 6.07) is 0. The minimum atomic E-state index is -0.486. The van der Waals surface area contributed by atoms with E-state index < -0.39 is 5.41 Å². The van der Waals surface area contributed by atoms with Crippen LogP contribution in [0.5, 0.6) is 0 Å². The summed E-state index contributed by atoms with van der Waals surface area (Å²) < 4.78 is 0. The molecule has 0 aliphatic carbocycles. The zero-order chi connectivity index (χ0) is 9.94. The van der Waals surface area contributed by atoms with Gasteiger partial charge in [-0.2, -0.15) is 0 Å². The summed E-state index contributed by atoms with van der Waals surface area (Å²) in [4.78, 5) is 22.4. The van der Waals surface area contributed by atoms with Gasteiger partial charge in [0.2, 0.25) is 0 Å². The van der Waals surface area contributed by atoms with Crippen molar-refractivity contribution in [3.63, 3.8) is 0 Å². The highest BCUT2D eigenvalue weighted by atomic mass is 16.1. The lowest BCUT2D eigenvalue weighted by atomic mass is 9.79. The van der Waals surface area contributed by atoms with Gasteiger partial charge in [-0.05, 0) is 6.92 Å². The Morgan fingerprint density at radius 1 is 1.25 bits per heavy atom. The molecule has 0 aliphatic rings. The third-order valence-corrected chi connectivity index (χ3v) is 1.88. The summed E-state index contributed by atoms with van der Waals surface area (Å²) in [6.45, 7) is 8.91. The zero-order valence-electron chi connectivity index (χ0n) is 8.60. The molecule has 0 unspecified atom stereocenters. The zero-order valence-corrected chi connectivity index (χ0v) is 8.60. The lowest BCUT2D eigenvalue weighted by molar-refractivity contribution is -0.134. The molecule has 0 spiro atoms. The Balaban J connectivity index is 4.39. The van der Waals surface area contributed by atoms with Gasteiger partial charge in [0.05, 0.1) is 0 Å². The molecule has 12 heavy (non-hydrogen) atoms. The molecule has 0 aliphatic heterocycles. The fourth-order valence-corrected chi connectivity index (χ4v) is 1.49. The normalized spacial score (nSPS) is 11.8. The van der Waals surface area contributed by atoms with E-state index in [1.807, 2.05) is 27.7 Å². The molecule has 2 nitrogen and oxygen atoms in total. The highest BCUT2D eigenvalue weighted by Crippen LogP contribution is 2.25. The number of hydrogen-bond acceptors (Lipinski definition) is 2. The first-order valence-electron chi connectivity index (χ1n) is 4.31. The molecule has 0 fully saturated rings. The van der Waals surface area contributed by atoms with Crippen molar-refractivity contribution in [1.82, 2.24) is 0 Å². The molecule has 0 saturated carbocycles. The molecule has 0 saturated heterocycles. The fraction of sp³-hybridized carbons (Fsp3) is 0.800. The molecule has 0 amide bonds. The van der Waals surface area contributed by atoms with Gasteiger partial charge in [0, 0.05) is 17.8 Å². The molecule has 0 radical (unpaired) electrons. The monoisotopic (exact) mass is 170 g/mol. The number of carbonyl (C=O) groups is 2. The second-order valence-electron chi connectivity index (χ2n) is 4.28. The van der Waals surface area contributed by atoms with Gasteiger partial charge in [0.15, 0.2) is 0 Å². The number of hydrogen-bond donors (Lipinski definition) is 0. The topological polar surface area (TPSA) is 34.1 Å². The molecular weight excluding hydrogens is 152 g/mol. The quantitative estimate of drug-likeness (QED) is 0.648. The lowest BCUT2D eigenvalue weighted by Crippen LogP contribution is -2.30. The molecule has 0 rings (SSSR count). The van der Waals surface area contributed by atoms with Gasteiger partial charge < -0.3 is 0 Å². The molecule has 0 atom stereocenters. The van der Waals surface area contributed by atoms with Crippen molar-refractivity contribution in [2.24, 2.45) is 11.3 Å². The molecule has 0 aromatic carbocycles. The average molecular weight is 170 g/mol. The van der Waals surface area contributed by atoms with E-state index in [0.29, 0.717) is 6.42 Å². The van der Waals surface area contributed by atoms with Crippen LogP contribution in [0.3, 0.4) is 0 Å². The standard InChI is InChI=1S/C10H18O2/c1-7(2)9(12)10(4,5)6-8(3)11/h7H,6H2,1-5H3.